The fourth-order valence-electron chi connectivity index (χ4n) is 1.92. The van der Waals surface area contributed by atoms with Crippen molar-refractivity contribution in [3.63, 3.8) is 0 Å². The van der Waals surface area contributed by atoms with Gasteiger partial charge in [0.05, 0.1) is 0 Å². The Balaban J connectivity index is 1.72. The number of halogens is 1. The second-order valence-electron chi connectivity index (χ2n) is 4.67. The van der Waals surface area contributed by atoms with Crippen molar-refractivity contribution in [1.29, 1.82) is 0 Å². The summed E-state index contributed by atoms with van der Waals surface area (Å²) in [6.45, 7) is 4.80. The second kappa shape index (κ2) is 6.68. The van der Waals surface area contributed by atoms with E-state index in [4.69, 9.17) is 16.1 Å². The second-order valence-corrected chi connectivity index (χ2v) is 5.10. The van der Waals surface area contributed by atoms with Crippen molar-refractivity contribution >= 4 is 11.6 Å². The summed E-state index contributed by atoms with van der Waals surface area (Å²) in [4.78, 5) is 4.17. The molecule has 0 radical (unpaired) electrons. The van der Waals surface area contributed by atoms with E-state index >= 15 is 0 Å². The monoisotopic (exact) mass is 279 g/mol. The standard InChI is InChI=1S/C14H18ClN3O/c1-10(9-12-3-5-13(15)6-4-12)16-8-7-14-17-11(2)19-18-14/h3-6,10,16H,7-9H2,1-2H3. The molecule has 1 aromatic carbocycles. The summed E-state index contributed by atoms with van der Waals surface area (Å²) >= 11 is 5.86. The van der Waals surface area contributed by atoms with Gasteiger partial charge in [-0.25, -0.2) is 0 Å². The zero-order valence-corrected chi connectivity index (χ0v) is 11.9. The molecule has 5 heteroatoms. The van der Waals surface area contributed by atoms with Crippen LogP contribution in [-0.2, 0) is 12.8 Å². The molecule has 4 nitrogen and oxygen atoms in total. The van der Waals surface area contributed by atoms with Crippen LogP contribution in [0.5, 0.6) is 0 Å². The van der Waals surface area contributed by atoms with Crippen LogP contribution in [0.4, 0.5) is 0 Å². The zero-order valence-electron chi connectivity index (χ0n) is 11.2. The average molecular weight is 280 g/mol. The van der Waals surface area contributed by atoms with Crippen LogP contribution in [0.1, 0.15) is 24.2 Å². The zero-order chi connectivity index (χ0) is 13.7. The Morgan fingerprint density at radius 3 is 2.68 bits per heavy atom. The van der Waals surface area contributed by atoms with Crippen molar-refractivity contribution in [3.05, 3.63) is 46.6 Å². The maximum Gasteiger partial charge on any atom is 0.223 e. The number of nitrogens with one attached hydrogen (secondary N) is 1. The number of hydrogen-bond donors (Lipinski definition) is 1. The fraction of sp³-hybridized carbons (Fsp3) is 0.429. The van der Waals surface area contributed by atoms with E-state index in [1.165, 1.54) is 5.56 Å². The number of rotatable bonds is 6. The van der Waals surface area contributed by atoms with Gasteiger partial charge in [0.2, 0.25) is 5.89 Å². The number of aryl methyl sites for hydroxylation is 1. The molecule has 0 spiro atoms. The Kier molecular flexibility index (Phi) is 4.93. The van der Waals surface area contributed by atoms with Crippen LogP contribution in [0, 0.1) is 6.92 Å². The Hall–Kier alpha value is -1.39. The van der Waals surface area contributed by atoms with Gasteiger partial charge in [0.1, 0.15) is 0 Å². The van der Waals surface area contributed by atoms with Crippen LogP contribution >= 0.6 is 11.6 Å². The Morgan fingerprint density at radius 1 is 1.32 bits per heavy atom. The lowest BCUT2D eigenvalue weighted by atomic mass is 10.1. The summed E-state index contributed by atoms with van der Waals surface area (Å²) in [5.74, 6) is 1.37. The molecule has 0 aliphatic carbocycles. The molecule has 0 saturated heterocycles. The number of hydrogen-bond acceptors (Lipinski definition) is 4. The van der Waals surface area contributed by atoms with Gasteiger partial charge in [-0.3, -0.25) is 0 Å². The first-order chi connectivity index (χ1) is 9.13. The third-order valence-corrected chi connectivity index (χ3v) is 3.12. The minimum atomic E-state index is 0.397. The number of benzene rings is 1. The lowest BCUT2D eigenvalue weighted by molar-refractivity contribution is 0.386. The predicted molar refractivity (Wildman–Crippen MR) is 75.4 cm³/mol. The van der Waals surface area contributed by atoms with E-state index in [0.717, 1.165) is 30.2 Å². The maximum atomic E-state index is 5.86. The maximum absolute atomic E-state index is 5.86. The summed E-state index contributed by atoms with van der Waals surface area (Å²) in [7, 11) is 0. The van der Waals surface area contributed by atoms with Crippen molar-refractivity contribution in [2.24, 2.45) is 0 Å². The van der Waals surface area contributed by atoms with Crippen LogP contribution in [0.3, 0.4) is 0 Å². The number of aromatic nitrogens is 2. The minimum Gasteiger partial charge on any atom is -0.340 e. The molecule has 2 aromatic rings. The smallest absolute Gasteiger partial charge is 0.223 e. The van der Waals surface area contributed by atoms with Gasteiger partial charge in [-0.15, -0.1) is 0 Å². The fourth-order valence-corrected chi connectivity index (χ4v) is 2.05. The molecule has 0 aliphatic heterocycles. The van der Waals surface area contributed by atoms with Crippen molar-refractivity contribution in [3.8, 4) is 0 Å². The molecule has 0 saturated carbocycles. The van der Waals surface area contributed by atoms with Gasteiger partial charge in [-0.2, -0.15) is 4.98 Å². The van der Waals surface area contributed by atoms with Gasteiger partial charge in [-0.05, 0) is 31.0 Å². The molecular formula is C14H18ClN3O. The summed E-state index contributed by atoms with van der Waals surface area (Å²) in [5.41, 5.74) is 1.28. The quantitative estimate of drug-likeness (QED) is 0.883. The van der Waals surface area contributed by atoms with Crippen LogP contribution in [0.25, 0.3) is 0 Å². The largest absolute Gasteiger partial charge is 0.340 e. The molecule has 19 heavy (non-hydrogen) atoms. The summed E-state index contributed by atoms with van der Waals surface area (Å²) in [5, 5.41) is 8.09. The number of nitrogens with zero attached hydrogens (tertiary/aromatic N) is 2. The minimum absolute atomic E-state index is 0.397. The van der Waals surface area contributed by atoms with E-state index in [1.807, 2.05) is 12.1 Å². The molecule has 1 unspecified atom stereocenters. The van der Waals surface area contributed by atoms with Crippen LogP contribution < -0.4 is 5.32 Å². The van der Waals surface area contributed by atoms with Crippen molar-refractivity contribution in [2.45, 2.75) is 32.7 Å². The molecule has 2 rings (SSSR count). The SMILES string of the molecule is Cc1nc(CCNC(C)Cc2ccc(Cl)cc2)no1. The molecule has 1 heterocycles. The lowest BCUT2D eigenvalue weighted by Crippen LogP contribution is -2.30. The Labute approximate surface area is 118 Å². The molecule has 102 valence electrons. The van der Waals surface area contributed by atoms with Crippen molar-refractivity contribution in [2.75, 3.05) is 6.54 Å². The normalized spacial score (nSPS) is 12.6. The van der Waals surface area contributed by atoms with Crippen molar-refractivity contribution in [1.82, 2.24) is 15.5 Å². The van der Waals surface area contributed by atoms with Crippen LogP contribution in [0.15, 0.2) is 28.8 Å². The molecular weight excluding hydrogens is 262 g/mol. The topological polar surface area (TPSA) is 51.0 Å². The van der Waals surface area contributed by atoms with Gasteiger partial charge in [0.25, 0.3) is 0 Å². The molecule has 0 amide bonds. The molecule has 0 fully saturated rings. The predicted octanol–water partition coefficient (Wildman–Crippen LogP) is 2.79. The van der Waals surface area contributed by atoms with E-state index in [9.17, 15) is 0 Å². The highest BCUT2D eigenvalue weighted by atomic mass is 35.5. The third-order valence-electron chi connectivity index (χ3n) is 2.87. The molecule has 0 bridgehead atoms. The molecule has 1 aromatic heterocycles. The lowest BCUT2D eigenvalue weighted by Gasteiger charge is -2.13. The molecule has 0 aliphatic rings. The first-order valence-corrected chi connectivity index (χ1v) is 6.78. The average Bonchev–Trinajstić information content (AvgIpc) is 2.78. The van der Waals surface area contributed by atoms with Crippen LogP contribution in [-0.4, -0.2) is 22.7 Å². The molecule has 1 N–H and O–H groups in total. The third kappa shape index (κ3) is 4.65. The molecule has 1 atom stereocenters. The highest BCUT2D eigenvalue weighted by Gasteiger charge is 2.05. The van der Waals surface area contributed by atoms with E-state index in [2.05, 4.69) is 34.5 Å². The first-order valence-electron chi connectivity index (χ1n) is 6.40. The Morgan fingerprint density at radius 2 is 2.05 bits per heavy atom. The van der Waals surface area contributed by atoms with E-state index < -0.39 is 0 Å². The van der Waals surface area contributed by atoms with Gasteiger partial charge in [0, 0.05) is 31.0 Å². The highest BCUT2D eigenvalue weighted by molar-refractivity contribution is 6.30. The van der Waals surface area contributed by atoms with E-state index in [1.54, 1.807) is 6.92 Å². The van der Waals surface area contributed by atoms with Crippen molar-refractivity contribution < 1.29 is 4.52 Å². The summed E-state index contributed by atoms with van der Waals surface area (Å²) in [6, 6.07) is 8.36. The summed E-state index contributed by atoms with van der Waals surface area (Å²) < 4.78 is 4.93. The van der Waals surface area contributed by atoms with Gasteiger partial charge in [0.15, 0.2) is 5.82 Å². The van der Waals surface area contributed by atoms with E-state index in [0.29, 0.717) is 11.9 Å². The van der Waals surface area contributed by atoms with Crippen LogP contribution in [0.2, 0.25) is 5.02 Å². The summed E-state index contributed by atoms with van der Waals surface area (Å²) in [6.07, 6.45) is 1.75. The Bertz CT molecular complexity index is 510. The van der Waals surface area contributed by atoms with Gasteiger partial charge in [-0.1, -0.05) is 28.9 Å². The van der Waals surface area contributed by atoms with Gasteiger partial charge >= 0.3 is 0 Å². The first kappa shape index (κ1) is 14.0. The highest BCUT2D eigenvalue weighted by Crippen LogP contribution is 2.11. The van der Waals surface area contributed by atoms with Gasteiger partial charge < -0.3 is 9.84 Å². The van der Waals surface area contributed by atoms with E-state index in [-0.39, 0.29) is 0 Å².